The number of carbonyl (C=O) groups excluding carboxylic acids is 2. The molecule has 7 nitrogen and oxygen atoms in total. The number of amides is 2. The minimum atomic E-state index is -0.455. The van der Waals surface area contributed by atoms with E-state index in [2.05, 4.69) is 15.8 Å². The number of methoxy groups -OCH3 is 2. The largest absolute Gasteiger partial charge is 0.496 e. The van der Waals surface area contributed by atoms with Gasteiger partial charge in [0.1, 0.15) is 11.5 Å². The van der Waals surface area contributed by atoms with E-state index in [4.69, 9.17) is 9.47 Å². The Morgan fingerprint density at radius 3 is 2.45 bits per heavy atom. The first-order valence-corrected chi connectivity index (χ1v) is 8.93. The summed E-state index contributed by atoms with van der Waals surface area (Å²) < 4.78 is 10.5. The van der Waals surface area contributed by atoms with E-state index >= 15 is 0 Å². The van der Waals surface area contributed by atoms with Gasteiger partial charge in [0.05, 0.1) is 32.5 Å². The van der Waals surface area contributed by atoms with Gasteiger partial charge in [-0.05, 0) is 29.0 Å². The van der Waals surface area contributed by atoms with Gasteiger partial charge in [0.2, 0.25) is 0 Å². The molecule has 148 valence electrons. The van der Waals surface area contributed by atoms with Crippen molar-refractivity contribution >= 4 is 28.8 Å². The van der Waals surface area contributed by atoms with Gasteiger partial charge in [0.15, 0.2) is 0 Å². The second-order valence-corrected chi connectivity index (χ2v) is 6.08. The quantitative estimate of drug-likeness (QED) is 0.479. The second-order valence-electron chi connectivity index (χ2n) is 6.08. The smallest absolute Gasteiger partial charge is 0.259 e. The molecule has 7 heteroatoms. The molecule has 0 aliphatic carbocycles. The Kier molecular flexibility index (Phi) is 6.42. The van der Waals surface area contributed by atoms with E-state index in [-0.39, 0.29) is 6.54 Å². The van der Waals surface area contributed by atoms with Crippen LogP contribution in [0.3, 0.4) is 0 Å². The average molecular weight is 391 g/mol. The third-order valence-electron chi connectivity index (χ3n) is 4.29. The first kappa shape index (κ1) is 19.9. The van der Waals surface area contributed by atoms with Crippen LogP contribution in [0.4, 0.5) is 0 Å². The molecule has 0 unspecified atom stereocenters. The molecule has 2 amide bonds. The van der Waals surface area contributed by atoms with Gasteiger partial charge in [-0.25, -0.2) is 5.43 Å². The molecule has 0 aromatic heterocycles. The molecular weight excluding hydrogens is 370 g/mol. The highest BCUT2D eigenvalue weighted by Gasteiger charge is 2.12. The van der Waals surface area contributed by atoms with E-state index in [1.807, 2.05) is 36.4 Å². The van der Waals surface area contributed by atoms with E-state index < -0.39 is 11.8 Å². The van der Waals surface area contributed by atoms with Gasteiger partial charge >= 0.3 is 0 Å². The van der Waals surface area contributed by atoms with E-state index in [1.165, 1.54) is 13.3 Å². The Hall–Kier alpha value is -3.87. The number of nitrogens with one attached hydrogen (secondary N) is 2. The van der Waals surface area contributed by atoms with Crippen LogP contribution in [0.1, 0.15) is 15.9 Å². The first-order chi connectivity index (χ1) is 14.1. The number of benzene rings is 3. The summed E-state index contributed by atoms with van der Waals surface area (Å²) in [6.45, 7) is -0.221. The second kappa shape index (κ2) is 9.36. The minimum Gasteiger partial charge on any atom is -0.496 e. The molecule has 0 atom stereocenters. The zero-order chi connectivity index (χ0) is 20.6. The van der Waals surface area contributed by atoms with E-state index in [1.54, 1.807) is 31.4 Å². The molecule has 29 heavy (non-hydrogen) atoms. The zero-order valence-corrected chi connectivity index (χ0v) is 16.1. The fourth-order valence-corrected chi connectivity index (χ4v) is 2.88. The van der Waals surface area contributed by atoms with Gasteiger partial charge in [-0.15, -0.1) is 0 Å². The van der Waals surface area contributed by atoms with Crippen LogP contribution in [0.5, 0.6) is 11.5 Å². The first-order valence-electron chi connectivity index (χ1n) is 8.93. The predicted octanol–water partition coefficient (Wildman–Crippen LogP) is 2.74. The van der Waals surface area contributed by atoms with E-state index in [9.17, 15) is 9.59 Å². The monoisotopic (exact) mass is 391 g/mol. The SMILES string of the molecule is COc1ccccc1C(=O)NCC(=O)NN=Cc1c(OC)ccc2ccccc12. The lowest BCUT2D eigenvalue weighted by molar-refractivity contribution is -0.120. The topological polar surface area (TPSA) is 89.0 Å². The molecular formula is C22H21N3O4. The molecule has 0 fully saturated rings. The molecule has 0 aliphatic heterocycles. The molecule has 0 bridgehead atoms. The number of hydrazone groups is 1. The number of ether oxygens (including phenoxy) is 2. The number of nitrogens with zero attached hydrogens (tertiary/aromatic N) is 1. The fourth-order valence-electron chi connectivity index (χ4n) is 2.88. The van der Waals surface area contributed by atoms with Crippen molar-refractivity contribution in [2.24, 2.45) is 5.10 Å². The van der Waals surface area contributed by atoms with Crippen LogP contribution < -0.4 is 20.2 Å². The van der Waals surface area contributed by atoms with Crippen LogP contribution in [0.25, 0.3) is 10.8 Å². The summed E-state index contributed by atoms with van der Waals surface area (Å²) in [5, 5.41) is 8.53. The highest BCUT2D eigenvalue weighted by molar-refractivity contribution is 6.03. The molecule has 0 spiro atoms. The van der Waals surface area contributed by atoms with Crippen molar-refractivity contribution in [3.8, 4) is 11.5 Å². The lowest BCUT2D eigenvalue weighted by atomic mass is 10.0. The third-order valence-corrected chi connectivity index (χ3v) is 4.29. The van der Waals surface area contributed by atoms with Gasteiger partial charge in [0, 0.05) is 5.56 Å². The molecule has 3 aromatic rings. The third kappa shape index (κ3) is 4.70. The highest BCUT2D eigenvalue weighted by atomic mass is 16.5. The summed E-state index contributed by atoms with van der Waals surface area (Å²) in [6, 6.07) is 18.4. The average Bonchev–Trinajstić information content (AvgIpc) is 2.77. The Balaban J connectivity index is 1.63. The maximum Gasteiger partial charge on any atom is 0.259 e. The van der Waals surface area contributed by atoms with Crippen LogP contribution in [-0.4, -0.2) is 38.8 Å². The maximum absolute atomic E-state index is 12.2. The molecule has 2 N–H and O–H groups in total. The number of rotatable bonds is 7. The van der Waals surface area contributed by atoms with E-state index in [0.717, 1.165) is 16.3 Å². The molecule has 0 saturated heterocycles. The standard InChI is InChI=1S/C22H21N3O4/c1-28-19-10-6-5-9-17(19)22(27)23-14-21(26)25-24-13-18-16-8-4-3-7-15(16)11-12-20(18)29-2/h3-13H,14H2,1-2H3,(H,23,27)(H,25,26). The summed E-state index contributed by atoms with van der Waals surface area (Å²) in [7, 11) is 3.06. The number of hydrogen-bond donors (Lipinski definition) is 2. The summed E-state index contributed by atoms with van der Waals surface area (Å²) in [6.07, 6.45) is 1.53. The zero-order valence-electron chi connectivity index (χ0n) is 16.1. The van der Waals surface area contributed by atoms with Crippen LogP contribution in [0.15, 0.2) is 65.8 Å². The van der Waals surface area contributed by atoms with Crippen molar-refractivity contribution in [2.45, 2.75) is 0 Å². The van der Waals surface area contributed by atoms with Crippen LogP contribution in [0, 0.1) is 0 Å². The summed E-state index contributed by atoms with van der Waals surface area (Å²) in [5.41, 5.74) is 3.52. The maximum atomic E-state index is 12.2. The minimum absolute atomic E-state index is 0.221. The van der Waals surface area contributed by atoms with Gasteiger partial charge in [-0.2, -0.15) is 5.10 Å². The molecule has 3 aromatic carbocycles. The predicted molar refractivity (Wildman–Crippen MR) is 112 cm³/mol. The Morgan fingerprint density at radius 1 is 0.931 bits per heavy atom. The van der Waals surface area contributed by atoms with Gasteiger partial charge in [-0.1, -0.05) is 42.5 Å². The normalized spacial score (nSPS) is 10.7. The number of hydrogen-bond acceptors (Lipinski definition) is 5. The van der Waals surface area contributed by atoms with Crippen molar-refractivity contribution < 1.29 is 19.1 Å². The Labute approximate surface area is 168 Å². The lowest BCUT2D eigenvalue weighted by Gasteiger charge is -2.09. The number of para-hydroxylation sites is 1. The van der Waals surface area contributed by atoms with Crippen molar-refractivity contribution in [1.82, 2.24) is 10.7 Å². The summed E-state index contributed by atoms with van der Waals surface area (Å²) in [4.78, 5) is 24.3. The lowest BCUT2D eigenvalue weighted by Crippen LogP contribution is -2.35. The van der Waals surface area contributed by atoms with Crippen molar-refractivity contribution in [1.29, 1.82) is 0 Å². The molecule has 3 rings (SSSR count). The van der Waals surface area contributed by atoms with Crippen LogP contribution >= 0.6 is 0 Å². The Bertz CT molecular complexity index is 1060. The van der Waals surface area contributed by atoms with E-state index in [0.29, 0.717) is 17.1 Å². The van der Waals surface area contributed by atoms with Crippen molar-refractivity contribution in [3.63, 3.8) is 0 Å². The van der Waals surface area contributed by atoms with Crippen molar-refractivity contribution in [3.05, 3.63) is 71.8 Å². The Morgan fingerprint density at radius 2 is 1.66 bits per heavy atom. The highest BCUT2D eigenvalue weighted by Crippen LogP contribution is 2.26. The summed E-state index contributed by atoms with van der Waals surface area (Å²) >= 11 is 0. The number of carbonyl (C=O) groups is 2. The van der Waals surface area contributed by atoms with Gasteiger partial charge < -0.3 is 14.8 Å². The van der Waals surface area contributed by atoms with Crippen LogP contribution in [-0.2, 0) is 4.79 Å². The molecule has 0 heterocycles. The fraction of sp³-hybridized carbons (Fsp3) is 0.136. The molecule has 0 saturated carbocycles. The van der Waals surface area contributed by atoms with Gasteiger partial charge in [0.25, 0.3) is 11.8 Å². The molecule has 0 radical (unpaired) electrons. The number of fused-ring (bicyclic) bond motifs is 1. The van der Waals surface area contributed by atoms with Crippen molar-refractivity contribution in [2.75, 3.05) is 20.8 Å². The molecule has 0 aliphatic rings. The van der Waals surface area contributed by atoms with Gasteiger partial charge in [-0.3, -0.25) is 9.59 Å². The summed E-state index contributed by atoms with van der Waals surface area (Å²) in [5.74, 6) is 0.221. The van der Waals surface area contributed by atoms with Crippen LogP contribution in [0.2, 0.25) is 0 Å².